The van der Waals surface area contributed by atoms with Crippen LogP contribution in [0.15, 0.2) is 48.5 Å². The molecule has 0 saturated carbocycles. The number of halogens is 1. The summed E-state index contributed by atoms with van der Waals surface area (Å²) in [5, 5.41) is 24.0. The Kier molecular flexibility index (Phi) is 7.41. The van der Waals surface area contributed by atoms with Crippen molar-refractivity contribution >= 4 is 29.0 Å². The molecular formula is C25H23ClN4O3. The van der Waals surface area contributed by atoms with Gasteiger partial charge in [-0.15, -0.1) is 0 Å². The smallest absolute Gasteiger partial charge is 0.305 e. The summed E-state index contributed by atoms with van der Waals surface area (Å²) in [6.45, 7) is 5.03. The van der Waals surface area contributed by atoms with Crippen LogP contribution in [0.25, 0.3) is 11.1 Å². The number of anilines is 1. The van der Waals surface area contributed by atoms with Gasteiger partial charge in [0.15, 0.2) is 0 Å². The van der Waals surface area contributed by atoms with Gasteiger partial charge in [-0.3, -0.25) is 14.9 Å². The number of amides is 1. The fraction of sp³-hybridized carbons (Fsp3) is 0.240. The third-order valence-electron chi connectivity index (χ3n) is 5.56. The first-order chi connectivity index (χ1) is 15.8. The highest BCUT2D eigenvalue weighted by Crippen LogP contribution is 2.34. The third-order valence-corrected chi connectivity index (χ3v) is 6.12. The van der Waals surface area contributed by atoms with E-state index in [2.05, 4.69) is 16.4 Å². The van der Waals surface area contributed by atoms with Gasteiger partial charge in [0.2, 0.25) is 11.7 Å². The second-order valence-electron chi connectivity index (χ2n) is 7.75. The topological polar surface area (TPSA) is 109 Å². The second kappa shape index (κ2) is 10.2. The Balaban J connectivity index is 1.86. The van der Waals surface area contributed by atoms with Crippen molar-refractivity contribution in [2.75, 3.05) is 5.32 Å². The minimum absolute atomic E-state index is 0.111. The molecule has 1 atom stereocenters. The van der Waals surface area contributed by atoms with Crippen LogP contribution in [0.4, 0.5) is 11.5 Å². The molecule has 33 heavy (non-hydrogen) atoms. The number of nitrogens with zero attached hydrogens (tertiary/aromatic N) is 3. The van der Waals surface area contributed by atoms with E-state index in [4.69, 9.17) is 11.6 Å². The number of hydrogen-bond acceptors (Lipinski definition) is 5. The summed E-state index contributed by atoms with van der Waals surface area (Å²) in [7, 11) is 0. The lowest BCUT2D eigenvalue weighted by molar-refractivity contribution is -0.384. The lowest BCUT2D eigenvalue weighted by Crippen LogP contribution is -2.25. The number of benzene rings is 2. The van der Waals surface area contributed by atoms with E-state index in [1.54, 1.807) is 13.0 Å². The Hall–Kier alpha value is -3.76. The summed E-state index contributed by atoms with van der Waals surface area (Å²) < 4.78 is 0. The van der Waals surface area contributed by atoms with Gasteiger partial charge in [-0.05, 0) is 49.4 Å². The molecule has 2 aromatic carbocycles. The van der Waals surface area contributed by atoms with Gasteiger partial charge in [0, 0.05) is 5.92 Å². The SMILES string of the molecule is CCC(Cc1ccc(-c2ccccc2)c(C#N)c1)C(=O)Nc1nc(C)c(Cl)c(C)c1[N+](=O)[O-]. The summed E-state index contributed by atoms with van der Waals surface area (Å²) >= 11 is 6.11. The molecule has 168 valence electrons. The molecule has 1 heterocycles. The summed E-state index contributed by atoms with van der Waals surface area (Å²) in [6, 6.07) is 17.4. The number of nitro groups is 1. The van der Waals surface area contributed by atoms with Gasteiger partial charge in [-0.1, -0.05) is 61.0 Å². The van der Waals surface area contributed by atoms with Crippen molar-refractivity contribution in [1.82, 2.24) is 4.98 Å². The molecule has 0 aliphatic carbocycles. The van der Waals surface area contributed by atoms with Crippen molar-refractivity contribution in [2.45, 2.75) is 33.6 Å². The molecule has 8 heteroatoms. The van der Waals surface area contributed by atoms with Gasteiger partial charge in [0.25, 0.3) is 0 Å². The van der Waals surface area contributed by atoms with Crippen LogP contribution in [0.1, 0.15) is 35.7 Å². The Morgan fingerprint density at radius 3 is 2.55 bits per heavy atom. The van der Waals surface area contributed by atoms with Crippen molar-refractivity contribution in [2.24, 2.45) is 5.92 Å². The van der Waals surface area contributed by atoms with Crippen LogP contribution in [0.5, 0.6) is 0 Å². The standard InChI is InChI=1S/C25H23ClN4O3/c1-4-18(25(31)29-24-23(30(32)33)15(2)22(26)16(3)28-24)12-17-10-11-21(20(13-17)14-27)19-8-6-5-7-9-19/h5-11,13,18H,4,12H2,1-3H3,(H,28,29,31). The number of rotatable bonds is 7. The van der Waals surface area contributed by atoms with Crippen molar-refractivity contribution < 1.29 is 9.72 Å². The van der Waals surface area contributed by atoms with Gasteiger partial charge in [0.1, 0.15) is 0 Å². The maximum atomic E-state index is 13.0. The highest BCUT2D eigenvalue weighted by atomic mass is 35.5. The number of carbonyl (C=O) groups is 1. The molecular weight excluding hydrogens is 440 g/mol. The van der Waals surface area contributed by atoms with Gasteiger partial charge < -0.3 is 5.32 Å². The first kappa shape index (κ1) is 23.9. The van der Waals surface area contributed by atoms with E-state index in [9.17, 15) is 20.2 Å². The predicted octanol–water partition coefficient (Wildman–Crippen LogP) is 6.01. The Bertz CT molecular complexity index is 1250. The molecule has 7 nitrogen and oxygen atoms in total. The van der Waals surface area contributed by atoms with E-state index >= 15 is 0 Å². The average molecular weight is 463 g/mol. The van der Waals surface area contributed by atoms with Crippen molar-refractivity contribution in [1.29, 1.82) is 5.26 Å². The van der Waals surface area contributed by atoms with Crippen molar-refractivity contribution in [3.8, 4) is 17.2 Å². The molecule has 0 aliphatic rings. The number of nitrogens with one attached hydrogen (secondary N) is 1. The van der Waals surface area contributed by atoms with Crippen LogP contribution in [0.3, 0.4) is 0 Å². The van der Waals surface area contributed by atoms with Gasteiger partial charge in [0.05, 0.1) is 32.8 Å². The van der Waals surface area contributed by atoms with E-state index < -0.39 is 10.8 Å². The zero-order valence-electron chi connectivity index (χ0n) is 18.6. The van der Waals surface area contributed by atoms with Crippen LogP contribution in [0, 0.1) is 41.2 Å². The van der Waals surface area contributed by atoms with Crippen LogP contribution in [0.2, 0.25) is 5.02 Å². The molecule has 0 spiro atoms. The lowest BCUT2D eigenvalue weighted by atomic mass is 9.92. The van der Waals surface area contributed by atoms with Crippen molar-refractivity contribution in [3.63, 3.8) is 0 Å². The molecule has 0 aliphatic heterocycles. The predicted molar refractivity (Wildman–Crippen MR) is 128 cm³/mol. The minimum Gasteiger partial charge on any atom is -0.305 e. The highest BCUT2D eigenvalue weighted by Gasteiger charge is 2.27. The lowest BCUT2D eigenvalue weighted by Gasteiger charge is -2.16. The fourth-order valence-electron chi connectivity index (χ4n) is 3.74. The summed E-state index contributed by atoms with van der Waals surface area (Å²) in [4.78, 5) is 28.1. The van der Waals surface area contributed by atoms with E-state index in [0.717, 1.165) is 16.7 Å². The molecule has 0 fully saturated rings. The normalized spacial score (nSPS) is 11.5. The molecule has 1 aromatic heterocycles. The van der Waals surface area contributed by atoms with Gasteiger partial charge in [-0.25, -0.2) is 4.98 Å². The molecule has 1 amide bonds. The van der Waals surface area contributed by atoms with Crippen molar-refractivity contribution in [3.05, 3.63) is 86.1 Å². The number of nitriles is 1. The second-order valence-corrected chi connectivity index (χ2v) is 8.12. The number of aromatic nitrogens is 1. The average Bonchev–Trinajstić information content (AvgIpc) is 2.81. The maximum absolute atomic E-state index is 13.0. The Morgan fingerprint density at radius 1 is 1.24 bits per heavy atom. The summed E-state index contributed by atoms with van der Waals surface area (Å²) in [5.41, 5.74) is 3.47. The molecule has 0 bridgehead atoms. The number of hydrogen-bond donors (Lipinski definition) is 1. The third kappa shape index (κ3) is 5.18. The largest absolute Gasteiger partial charge is 0.316 e. The molecule has 3 rings (SSSR count). The number of pyridine rings is 1. The Labute approximate surface area is 197 Å². The van der Waals surface area contributed by atoms with E-state index in [1.165, 1.54) is 6.92 Å². The molecule has 1 unspecified atom stereocenters. The molecule has 0 saturated heterocycles. The first-order valence-electron chi connectivity index (χ1n) is 10.5. The first-order valence-corrected chi connectivity index (χ1v) is 10.8. The maximum Gasteiger partial charge on any atom is 0.316 e. The van der Waals surface area contributed by atoms with Crippen LogP contribution in [-0.4, -0.2) is 15.8 Å². The summed E-state index contributed by atoms with van der Waals surface area (Å²) in [6.07, 6.45) is 0.888. The van der Waals surface area contributed by atoms with Crippen LogP contribution in [-0.2, 0) is 11.2 Å². The molecule has 1 N–H and O–H groups in total. The zero-order chi connectivity index (χ0) is 24.1. The van der Waals surface area contributed by atoms with E-state index in [0.29, 0.717) is 24.1 Å². The molecule has 0 radical (unpaired) electrons. The molecule has 3 aromatic rings. The van der Waals surface area contributed by atoms with E-state index in [1.807, 2.05) is 49.4 Å². The summed E-state index contributed by atoms with van der Waals surface area (Å²) in [5.74, 6) is -0.948. The van der Waals surface area contributed by atoms with Gasteiger partial charge in [-0.2, -0.15) is 5.26 Å². The Morgan fingerprint density at radius 2 is 1.94 bits per heavy atom. The number of carbonyl (C=O) groups excluding carboxylic acids is 1. The monoisotopic (exact) mass is 462 g/mol. The fourth-order valence-corrected chi connectivity index (χ4v) is 3.87. The quantitative estimate of drug-likeness (QED) is 0.341. The number of aryl methyl sites for hydroxylation is 1. The van der Waals surface area contributed by atoms with E-state index in [-0.39, 0.29) is 28.0 Å². The minimum atomic E-state index is -0.592. The van der Waals surface area contributed by atoms with Crippen LogP contribution < -0.4 is 5.32 Å². The zero-order valence-corrected chi connectivity index (χ0v) is 19.3. The van der Waals surface area contributed by atoms with Crippen LogP contribution >= 0.6 is 11.6 Å². The van der Waals surface area contributed by atoms with Gasteiger partial charge >= 0.3 is 5.69 Å². The highest BCUT2D eigenvalue weighted by molar-refractivity contribution is 6.32.